The summed E-state index contributed by atoms with van der Waals surface area (Å²) in [4.78, 5) is 17.0. The summed E-state index contributed by atoms with van der Waals surface area (Å²) in [5, 5.41) is 0.506. The quantitative estimate of drug-likeness (QED) is 0.670. The molecule has 0 amide bonds. The summed E-state index contributed by atoms with van der Waals surface area (Å²) in [5.41, 5.74) is 0.0863. The highest BCUT2D eigenvalue weighted by atomic mass is 35.5. The second kappa shape index (κ2) is 5.47. The zero-order valence-electron chi connectivity index (χ0n) is 10.7. The van der Waals surface area contributed by atoms with E-state index in [0.717, 1.165) is 4.57 Å². The zero-order chi connectivity index (χ0) is 15.0. The van der Waals surface area contributed by atoms with Gasteiger partial charge in [0.2, 0.25) is 0 Å². The normalized spacial score (nSPS) is 11.0. The van der Waals surface area contributed by atoms with Crippen LogP contribution in [0.3, 0.4) is 0 Å². The Balaban J connectivity index is 2.47. The molecule has 0 unspecified atom stereocenters. The van der Waals surface area contributed by atoms with Gasteiger partial charge in [0.05, 0.1) is 21.8 Å². The third kappa shape index (κ3) is 2.30. The molecule has 0 radical (unpaired) electrons. The summed E-state index contributed by atoms with van der Waals surface area (Å²) in [5.74, 6) is -0.398. The van der Waals surface area contributed by atoms with Gasteiger partial charge in [-0.2, -0.15) is 0 Å². The summed E-state index contributed by atoms with van der Waals surface area (Å²) < 4.78 is 15.2. The fourth-order valence-electron chi connectivity index (χ4n) is 2.20. The molecule has 0 atom stereocenters. The number of aromatic nitrogens is 2. The van der Waals surface area contributed by atoms with Crippen LogP contribution in [0.4, 0.5) is 4.39 Å². The number of nitrogens with zero attached hydrogens (tertiary/aromatic N) is 2. The maximum absolute atomic E-state index is 14.1. The monoisotopic (exact) mass is 322 g/mol. The van der Waals surface area contributed by atoms with E-state index in [4.69, 9.17) is 23.2 Å². The molecule has 0 saturated heterocycles. The van der Waals surface area contributed by atoms with Crippen LogP contribution in [0, 0.1) is 5.82 Å². The van der Waals surface area contributed by atoms with Crippen molar-refractivity contribution in [2.45, 2.75) is 5.88 Å². The molecule has 0 saturated carbocycles. The van der Waals surface area contributed by atoms with E-state index in [1.54, 1.807) is 24.3 Å². The first-order chi connectivity index (χ1) is 10.1. The third-order valence-electron chi connectivity index (χ3n) is 3.13. The fraction of sp³-hybridized carbons (Fsp3) is 0.0667. The van der Waals surface area contributed by atoms with Crippen molar-refractivity contribution in [1.82, 2.24) is 9.55 Å². The highest BCUT2D eigenvalue weighted by molar-refractivity contribution is 6.32. The van der Waals surface area contributed by atoms with Gasteiger partial charge in [-0.3, -0.25) is 9.36 Å². The molecule has 2 aromatic carbocycles. The van der Waals surface area contributed by atoms with Crippen LogP contribution in [0.15, 0.2) is 47.3 Å². The molecule has 106 valence electrons. The smallest absolute Gasteiger partial charge is 0.266 e. The average Bonchev–Trinajstić information content (AvgIpc) is 2.49. The van der Waals surface area contributed by atoms with E-state index < -0.39 is 11.4 Å². The Morgan fingerprint density at radius 3 is 2.62 bits per heavy atom. The molecule has 21 heavy (non-hydrogen) atoms. The highest BCUT2D eigenvalue weighted by Crippen LogP contribution is 2.24. The van der Waals surface area contributed by atoms with Gasteiger partial charge < -0.3 is 0 Å². The average molecular weight is 323 g/mol. The number of hydrogen-bond donors (Lipinski definition) is 0. The maximum Gasteiger partial charge on any atom is 0.266 e. The Hall–Kier alpha value is -1.91. The first-order valence-electron chi connectivity index (χ1n) is 6.14. The molecule has 0 aliphatic rings. The van der Waals surface area contributed by atoms with E-state index >= 15 is 0 Å². The van der Waals surface area contributed by atoms with Crippen LogP contribution in [0.25, 0.3) is 16.6 Å². The van der Waals surface area contributed by atoms with E-state index in [2.05, 4.69) is 4.98 Å². The zero-order valence-corrected chi connectivity index (χ0v) is 12.2. The van der Waals surface area contributed by atoms with Crippen molar-refractivity contribution in [2.75, 3.05) is 0 Å². The minimum Gasteiger partial charge on any atom is -0.268 e. The van der Waals surface area contributed by atoms with Gasteiger partial charge in [-0.05, 0) is 24.3 Å². The van der Waals surface area contributed by atoms with E-state index in [9.17, 15) is 9.18 Å². The molecule has 1 heterocycles. The van der Waals surface area contributed by atoms with Gasteiger partial charge in [0.1, 0.15) is 17.3 Å². The van der Waals surface area contributed by atoms with Crippen molar-refractivity contribution in [3.8, 4) is 5.69 Å². The largest absolute Gasteiger partial charge is 0.268 e. The van der Waals surface area contributed by atoms with E-state index in [1.165, 1.54) is 18.2 Å². The number of para-hydroxylation sites is 2. The minimum atomic E-state index is -0.604. The van der Waals surface area contributed by atoms with Crippen molar-refractivity contribution < 1.29 is 4.39 Å². The molecule has 0 bridgehead atoms. The third-order valence-corrected chi connectivity index (χ3v) is 3.67. The van der Waals surface area contributed by atoms with E-state index in [1.807, 2.05) is 0 Å². The van der Waals surface area contributed by atoms with Gasteiger partial charge in [-0.15, -0.1) is 11.6 Å². The Morgan fingerprint density at radius 1 is 1.14 bits per heavy atom. The SMILES string of the molecule is O=c1c2ccccc2nc(CCl)n1-c1c(F)cccc1Cl. The van der Waals surface area contributed by atoms with Gasteiger partial charge in [-0.25, -0.2) is 9.37 Å². The van der Waals surface area contributed by atoms with E-state index in [-0.39, 0.29) is 22.4 Å². The van der Waals surface area contributed by atoms with Crippen molar-refractivity contribution in [3.05, 3.63) is 69.5 Å². The molecule has 3 nitrogen and oxygen atoms in total. The van der Waals surface area contributed by atoms with Crippen LogP contribution >= 0.6 is 23.2 Å². The standard InChI is InChI=1S/C15H9Cl2FN2O/c16-8-13-19-12-7-2-1-4-9(12)15(21)20(13)14-10(17)5-3-6-11(14)18/h1-7H,8H2. The highest BCUT2D eigenvalue weighted by Gasteiger charge is 2.17. The lowest BCUT2D eigenvalue weighted by Crippen LogP contribution is -2.24. The predicted octanol–water partition coefficient (Wildman–Crippen LogP) is 3.92. The van der Waals surface area contributed by atoms with Crippen LogP contribution in [-0.2, 0) is 5.88 Å². The van der Waals surface area contributed by atoms with Crippen LogP contribution in [0.1, 0.15) is 5.82 Å². The Kier molecular flexibility index (Phi) is 3.66. The summed E-state index contributed by atoms with van der Waals surface area (Å²) >= 11 is 11.9. The molecule has 3 rings (SSSR count). The summed E-state index contributed by atoms with van der Waals surface area (Å²) in [6.45, 7) is 0. The second-order valence-electron chi connectivity index (χ2n) is 4.39. The molecule has 3 aromatic rings. The lowest BCUT2D eigenvalue weighted by Gasteiger charge is -2.13. The molecule has 0 fully saturated rings. The Labute approximate surface area is 129 Å². The molecule has 0 N–H and O–H groups in total. The van der Waals surface area contributed by atoms with Crippen molar-refractivity contribution in [1.29, 1.82) is 0 Å². The molecule has 0 aliphatic carbocycles. The van der Waals surface area contributed by atoms with Crippen molar-refractivity contribution in [3.63, 3.8) is 0 Å². The number of fused-ring (bicyclic) bond motifs is 1. The summed E-state index contributed by atoms with van der Waals surface area (Å²) in [6.07, 6.45) is 0. The lowest BCUT2D eigenvalue weighted by atomic mass is 10.2. The summed E-state index contributed by atoms with van der Waals surface area (Å²) in [6, 6.07) is 11.1. The first kappa shape index (κ1) is 14.0. The molecule has 0 spiro atoms. The van der Waals surface area contributed by atoms with Crippen molar-refractivity contribution in [2.24, 2.45) is 0 Å². The van der Waals surface area contributed by atoms with Gasteiger partial charge in [0, 0.05) is 0 Å². The second-order valence-corrected chi connectivity index (χ2v) is 5.06. The van der Waals surface area contributed by atoms with Gasteiger partial charge in [-0.1, -0.05) is 29.8 Å². The fourth-order valence-corrected chi connectivity index (χ4v) is 2.63. The van der Waals surface area contributed by atoms with Crippen molar-refractivity contribution >= 4 is 34.1 Å². The van der Waals surface area contributed by atoms with Gasteiger partial charge >= 0.3 is 0 Å². The number of halogens is 3. The Morgan fingerprint density at radius 2 is 1.90 bits per heavy atom. The predicted molar refractivity (Wildman–Crippen MR) is 81.9 cm³/mol. The molecular weight excluding hydrogens is 314 g/mol. The molecular formula is C15H9Cl2FN2O. The number of alkyl halides is 1. The van der Waals surface area contributed by atoms with Crippen LogP contribution in [0.5, 0.6) is 0 Å². The number of hydrogen-bond acceptors (Lipinski definition) is 2. The minimum absolute atomic E-state index is 0.0296. The maximum atomic E-state index is 14.1. The van der Waals surface area contributed by atoms with Crippen LogP contribution < -0.4 is 5.56 Å². The summed E-state index contributed by atoms with van der Waals surface area (Å²) in [7, 11) is 0. The van der Waals surface area contributed by atoms with Gasteiger partial charge in [0.25, 0.3) is 5.56 Å². The first-order valence-corrected chi connectivity index (χ1v) is 7.05. The topological polar surface area (TPSA) is 34.9 Å². The molecule has 6 heteroatoms. The number of rotatable bonds is 2. The molecule has 1 aromatic heterocycles. The Bertz CT molecular complexity index is 872. The van der Waals surface area contributed by atoms with Crippen LogP contribution in [-0.4, -0.2) is 9.55 Å². The van der Waals surface area contributed by atoms with E-state index in [0.29, 0.717) is 10.9 Å². The lowest BCUT2D eigenvalue weighted by molar-refractivity contribution is 0.613. The number of benzene rings is 2. The molecule has 0 aliphatic heterocycles. The van der Waals surface area contributed by atoms with Crippen LogP contribution in [0.2, 0.25) is 5.02 Å². The van der Waals surface area contributed by atoms with Gasteiger partial charge in [0.15, 0.2) is 0 Å².